The van der Waals surface area contributed by atoms with Crippen LogP contribution in [0.3, 0.4) is 0 Å². The number of carbonyl (C=O) groups is 1. The molecule has 0 heterocycles. The topological polar surface area (TPSA) is 26.3 Å². The van der Waals surface area contributed by atoms with E-state index in [1.54, 1.807) is 0 Å². The Labute approximate surface area is 85.3 Å². The van der Waals surface area contributed by atoms with Crippen molar-refractivity contribution in [2.45, 2.75) is 6.61 Å². The van der Waals surface area contributed by atoms with Crippen molar-refractivity contribution >= 4 is 21.9 Å². The predicted molar refractivity (Wildman–Crippen MR) is 54.3 cm³/mol. The standard InChI is InChI=1S/C10H9BrO2/c11-7-6-10(12)13-8-9-4-2-1-3-5-9/h1-7H,8H2. The molecule has 1 aromatic carbocycles. The van der Waals surface area contributed by atoms with Crippen molar-refractivity contribution in [3.8, 4) is 0 Å². The number of halogens is 1. The summed E-state index contributed by atoms with van der Waals surface area (Å²) in [5.74, 6) is -0.347. The van der Waals surface area contributed by atoms with Crippen LogP contribution < -0.4 is 0 Å². The molecule has 13 heavy (non-hydrogen) atoms. The zero-order chi connectivity index (χ0) is 9.52. The molecule has 0 saturated heterocycles. The highest BCUT2D eigenvalue weighted by atomic mass is 79.9. The van der Waals surface area contributed by atoms with E-state index in [9.17, 15) is 4.79 Å². The summed E-state index contributed by atoms with van der Waals surface area (Å²) in [5.41, 5.74) is 0.985. The van der Waals surface area contributed by atoms with E-state index in [0.29, 0.717) is 6.61 Å². The number of hydrogen-bond acceptors (Lipinski definition) is 2. The first kappa shape index (κ1) is 9.99. The monoisotopic (exact) mass is 240 g/mol. The molecular weight excluding hydrogens is 232 g/mol. The van der Waals surface area contributed by atoms with Crippen LogP contribution in [0, 0.1) is 0 Å². The van der Waals surface area contributed by atoms with Crippen LogP contribution in [0.2, 0.25) is 0 Å². The summed E-state index contributed by atoms with van der Waals surface area (Å²) in [5, 5.41) is 0. The van der Waals surface area contributed by atoms with Crippen LogP contribution in [0.15, 0.2) is 41.4 Å². The van der Waals surface area contributed by atoms with Gasteiger partial charge in [-0.1, -0.05) is 46.3 Å². The smallest absolute Gasteiger partial charge is 0.331 e. The molecule has 0 spiro atoms. The summed E-state index contributed by atoms with van der Waals surface area (Å²) in [6, 6.07) is 9.55. The van der Waals surface area contributed by atoms with Gasteiger partial charge in [0.05, 0.1) is 0 Å². The van der Waals surface area contributed by atoms with E-state index in [4.69, 9.17) is 4.74 Å². The summed E-state index contributed by atoms with van der Waals surface area (Å²) >= 11 is 2.99. The van der Waals surface area contributed by atoms with E-state index >= 15 is 0 Å². The molecule has 3 heteroatoms. The zero-order valence-electron chi connectivity index (χ0n) is 6.94. The highest BCUT2D eigenvalue weighted by Crippen LogP contribution is 2.00. The number of esters is 1. The minimum absolute atomic E-state index is 0.316. The van der Waals surface area contributed by atoms with Crippen LogP contribution in [-0.4, -0.2) is 5.97 Å². The van der Waals surface area contributed by atoms with E-state index in [1.807, 2.05) is 30.3 Å². The molecule has 0 unspecified atom stereocenters. The van der Waals surface area contributed by atoms with Crippen LogP contribution in [-0.2, 0) is 16.1 Å². The molecule has 0 atom stereocenters. The quantitative estimate of drug-likeness (QED) is 0.600. The van der Waals surface area contributed by atoms with E-state index in [0.717, 1.165) is 5.56 Å². The van der Waals surface area contributed by atoms with Crippen LogP contribution in [0.1, 0.15) is 5.56 Å². The lowest BCUT2D eigenvalue weighted by Gasteiger charge is -2.00. The Balaban J connectivity index is 2.40. The van der Waals surface area contributed by atoms with Crippen molar-refractivity contribution in [2.24, 2.45) is 0 Å². The minimum Gasteiger partial charge on any atom is -0.458 e. The summed E-state index contributed by atoms with van der Waals surface area (Å²) < 4.78 is 4.91. The van der Waals surface area contributed by atoms with Crippen molar-refractivity contribution in [3.63, 3.8) is 0 Å². The molecule has 1 rings (SSSR count). The average molecular weight is 241 g/mol. The Morgan fingerprint density at radius 3 is 2.69 bits per heavy atom. The molecule has 1 aromatic rings. The number of benzene rings is 1. The first-order valence-corrected chi connectivity index (χ1v) is 4.72. The first-order valence-electron chi connectivity index (χ1n) is 3.80. The Kier molecular flexibility index (Phi) is 4.26. The Morgan fingerprint density at radius 1 is 1.38 bits per heavy atom. The number of carbonyl (C=O) groups excluding carboxylic acids is 1. The molecule has 0 radical (unpaired) electrons. The lowest BCUT2D eigenvalue weighted by Crippen LogP contribution is -1.99. The second-order valence-electron chi connectivity index (χ2n) is 2.39. The van der Waals surface area contributed by atoms with E-state index in [2.05, 4.69) is 15.9 Å². The van der Waals surface area contributed by atoms with Gasteiger partial charge in [-0.2, -0.15) is 0 Å². The molecule has 0 fully saturated rings. The van der Waals surface area contributed by atoms with Gasteiger partial charge in [0.15, 0.2) is 0 Å². The maximum atomic E-state index is 10.9. The number of ether oxygens (including phenoxy) is 1. The fraction of sp³-hybridized carbons (Fsp3) is 0.100. The highest BCUT2D eigenvalue weighted by Gasteiger charge is 1.96. The van der Waals surface area contributed by atoms with E-state index < -0.39 is 0 Å². The van der Waals surface area contributed by atoms with Crippen molar-refractivity contribution < 1.29 is 9.53 Å². The molecule has 0 aromatic heterocycles. The van der Waals surface area contributed by atoms with Gasteiger partial charge in [-0.25, -0.2) is 4.79 Å². The molecule has 0 aliphatic heterocycles. The average Bonchev–Trinajstić information content (AvgIpc) is 2.17. The third-order valence-corrected chi connectivity index (χ3v) is 1.69. The number of hydrogen-bond donors (Lipinski definition) is 0. The normalized spacial score (nSPS) is 10.2. The first-order chi connectivity index (χ1) is 6.33. The fourth-order valence-corrected chi connectivity index (χ4v) is 1.04. The van der Waals surface area contributed by atoms with Gasteiger partial charge in [0.2, 0.25) is 0 Å². The zero-order valence-corrected chi connectivity index (χ0v) is 8.53. The lowest BCUT2D eigenvalue weighted by molar-refractivity contribution is -0.138. The van der Waals surface area contributed by atoms with Gasteiger partial charge >= 0.3 is 5.97 Å². The summed E-state index contributed by atoms with van der Waals surface area (Å²) in [6.45, 7) is 0.316. The summed E-state index contributed by atoms with van der Waals surface area (Å²) in [6.07, 6.45) is 1.32. The molecule has 0 saturated carbocycles. The van der Waals surface area contributed by atoms with Gasteiger partial charge in [-0.15, -0.1) is 0 Å². The van der Waals surface area contributed by atoms with Crippen LogP contribution in [0.5, 0.6) is 0 Å². The molecule has 0 amide bonds. The second kappa shape index (κ2) is 5.54. The Hall–Kier alpha value is -1.09. The summed E-state index contributed by atoms with van der Waals surface area (Å²) in [4.78, 5) is 12.3. The Morgan fingerprint density at radius 2 is 2.08 bits per heavy atom. The Bertz CT molecular complexity index is 293. The van der Waals surface area contributed by atoms with Crippen LogP contribution >= 0.6 is 15.9 Å². The molecule has 0 aliphatic rings. The van der Waals surface area contributed by atoms with Gasteiger partial charge in [-0.05, 0) is 10.5 Å². The molecule has 68 valence electrons. The van der Waals surface area contributed by atoms with Gasteiger partial charge in [-0.3, -0.25) is 0 Å². The van der Waals surface area contributed by atoms with Crippen molar-refractivity contribution in [1.29, 1.82) is 0 Å². The third-order valence-electron chi connectivity index (χ3n) is 1.42. The maximum absolute atomic E-state index is 10.9. The third kappa shape index (κ3) is 3.90. The predicted octanol–water partition coefficient (Wildman–Crippen LogP) is 2.64. The van der Waals surface area contributed by atoms with Gasteiger partial charge in [0.1, 0.15) is 6.61 Å². The van der Waals surface area contributed by atoms with Gasteiger partial charge in [0, 0.05) is 6.08 Å². The van der Waals surface area contributed by atoms with Gasteiger partial charge < -0.3 is 4.74 Å². The molecule has 0 bridgehead atoms. The number of rotatable bonds is 3. The van der Waals surface area contributed by atoms with Crippen LogP contribution in [0.25, 0.3) is 0 Å². The fourth-order valence-electron chi connectivity index (χ4n) is 0.828. The van der Waals surface area contributed by atoms with E-state index in [-0.39, 0.29) is 5.97 Å². The SMILES string of the molecule is O=C(C=CBr)OCc1ccccc1. The summed E-state index contributed by atoms with van der Waals surface area (Å²) in [7, 11) is 0. The molecule has 0 aliphatic carbocycles. The minimum atomic E-state index is -0.347. The molecular formula is C10H9BrO2. The largest absolute Gasteiger partial charge is 0.458 e. The van der Waals surface area contributed by atoms with Crippen LogP contribution in [0.4, 0.5) is 0 Å². The molecule has 2 nitrogen and oxygen atoms in total. The molecule has 0 N–H and O–H groups in total. The van der Waals surface area contributed by atoms with E-state index in [1.165, 1.54) is 11.1 Å². The van der Waals surface area contributed by atoms with Crippen molar-refractivity contribution in [3.05, 3.63) is 47.0 Å². The van der Waals surface area contributed by atoms with Crippen molar-refractivity contribution in [2.75, 3.05) is 0 Å². The van der Waals surface area contributed by atoms with Crippen molar-refractivity contribution in [1.82, 2.24) is 0 Å². The maximum Gasteiger partial charge on any atom is 0.331 e. The lowest BCUT2D eigenvalue weighted by atomic mass is 10.2. The highest BCUT2D eigenvalue weighted by molar-refractivity contribution is 9.11. The van der Waals surface area contributed by atoms with Gasteiger partial charge in [0.25, 0.3) is 0 Å². The second-order valence-corrected chi connectivity index (χ2v) is 2.91.